The van der Waals surface area contributed by atoms with Crippen molar-refractivity contribution in [2.45, 2.75) is 50.7 Å². The van der Waals surface area contributed by atoms with Crippen LogP contribution in [0.25, 0.3) is 0 Å². The summed E-state index contributed by atoms with van der Waals surface area (Å²) >= 11 is 0. The van der Waals surface area contributed by atoms with Gasteiger partial charge in [0.15, 0.2) is 0 Å². The van der Waals surface area contributed by atoms with Crippen LogP contribution in [0.3, 0.4) is 0 Å². The summed E-state index contributed by atoms with van der Waals surface area (Å²) in [7, 11) is 0. The van der Waals surface area contributed by atoms with Crippen molar-refractivity contribution in [3.8, 4) is 0 Å². The summed E-state index contributed by atoms with van der Waals surface area (Å²) in [5.74, 6) is 1.17. The van der Waals surface area contributed by atoms with Crippen LogP contribution in [0.15, 0.2) is 0 Å². The van der Waals surface area contributed by atoms with Crippen molar-refractivity contribution in [2.24, 2.45) is 0 Å². The first-order valence-electron chi connectivity index (χ1n) is 5.77. The topological polar surface area (TPSA) is 63.9 Å². The van der Waals surface area contributed by atoms with Gasteiger partial charge < -0.3 is 10.5 Å². The number of rotatable bonds is 2. The third kappa shape index (κ3) is 1.28. The molecule has 0 aromatic carbocycles. The molecule has 3 N–H and O–H groups in total. The average molecular weight is 207 g/mol. The number of aromatic nitrogens is 2. The van der Waals surface area contributed by atoms with Gasteiger partial charge in [0.25, 0.3) is 0 Å². The number of ether oxygens (including phenoxy) is 1. The molecule has 1 aromatic rings. The first-order valence-corrected chi connectivity index (χ1v) is 5.77. The second-order valence-electron chi connectivity index (χ2n) is 4.57. The molecule has 2 aliphatic heterocycles. The molecular weight excluding hydrogens is 190 g/mol. The lowest BCUT2D eigenvalue weighted by Gasteiger charge is -2.18. The summed E-state index contributed by atoms with van der Waals surface area (Å²) in [5, 5.41) is 7.21. The van der Waals surface area contributed by atoms with Crippen LogP contribution in [0.5, 0.6) is 0 Å². The van der Waals surface area contributed by atoms with Crippen LogP contribution in [-0.4, -0.2) is 22.4 Å². The monoisotopic (exact) mass is 207 g/mol. The standard InChI is InChI=1S/C11H17N3O/c1-2-7-10(13-14-11(7)12)8-5-6-3-4-9(8)15-6/h6,8-9H,2-5H2,1H3,(H3,12,13,14)/t6-,8-,9+/m1/s1. The minimum Gasteiger partial charge on any atom is -0.382 e. The number of anilines is 1. The van der Waals surface area contributed by atoms with E-state index >= 15 is 0 Å². The van der Waals surface area contributed by atoms with Gasteiger partial charge in [-0.3, -0.25) is 5.10 Å². The highest BCUT2D eigenvalue weighted by Crippen LogP contribution is 2.45. The highest BCUT2D eigenvalue weighted by atomic mass is 16.5. The third-order valence-corrected chi connectivity index (χ3v) is 3.76. The van der Waals surface area contributed by atoms with Crippen molar-refractivity contribution in [1.29, 1.82) is 0 Å². The molecule has 0 amide bonds. The molecule has 0 aliphatic carbocycles. The number of fused-ring (bicyclic) bond motifs is 2. The highest BCUT2D eigenvalue weighted by molar-refractivity contribution is 5.44. The summed E-state index contributed by atoms with van der Waals surface area (Å²) in [6.07, 6.45) is 5.39. The lowest BCUT2D eigenvalue weighted by Crippen LogP contribution is -2.16. The Balaban J connectivity index is 1.93. The predicted octanol–water partition coefficient (Wildman–Crippen LogP) is 1.59. The molecule has 0 unspecified atom stereocenters. The summed E-state index contributed by atoms with van der Waals surface area (Å²) in [5.41, 5.74) is 8.25. The summed E-state index contributed by atoms with van der Waals surface area (Å²) in [6, 6.07) is 0. The van der Waals surface area contributed by atoms with Gasteiger partial charge in [0.2, 0.25) is 0 Å². The molecule has 2 bridgehead atoms. The van der Waals surface area contributed by atoms with Crippen LogP contribution >= 0.6 is 0 Å². The molecular formula is C11H17N3O. The van der Waals surface area contributed by atoms with Crippen LogP contribution in [-0.2, 0) is 11.2 Å². The van der Waals surface area contributed by atoms with Crippen LogP contribution in [0.1, 0.15) is 43.4 Å². The van der Waals surface area contributed by atoms with Gasteiger partial charge >= 0.3 is 0 Å². The molecule has 4 nitrogen and oxygen atoms in total. The Hall–Kier alpha value is -1.03. The molecule has 15 heavy (non-hydrogen) atoms. The van der Waals surface area contributed by atoms with Crippen molar-refractivity contribution in [2.75, 3.05) is 5.73 Å². The molecule has 2 saturated heterocycles. The third-order valence-electron chi connectivity index (χ3n) is 3.76. The van der Waals surface area contributed by atoms with E-state index < -0.39 is 0 Å². The van der Waals surface area contributed by atoms with E-state index in [4.69, 9.17) is 10.5 Å². The second kappa shape index (κ2) is 3.23. The Kier molecular flexibility index (Phi) is 1.99. The SMILES string of the molecule is CCc1c(N)n[nH]c1[C@@H]1C[C@H]2CC[C@@H]1O2. The van der Waals surface area contributed by atoms with E-state index in [0.717, 1.165) is 12.8 Å². The number of aromatic amines is 1. The van der Waals surface area contributed by atoms with Gasteiger partial charge in [0.1, 0.15) is 5.82 Å². The van der Waals surface area contributed by atoms with Crippen molar-refractivity contribution >= 4 is 5.82 Å². The quantitative estimate of drug-likeness (QED) is 0.774. The molecule has 0 saturated carbocycles. The minimum absolute atomic E-state index is 0.403. The Labute approximate surface area is 89.2 Å². The van der Waals surface area contributed by atoms with Gasteiger partial charge in [-0.05, 0) is 25.7 Å². The number of hydrogen-bond acceptors (Lipinski definition) is 3. The van der Waals surface area contributed by atoms with Crippen LogP contribution < -0.4 is 5.73 Å². The second-order valence-corrected chi connectivity index (χ2v) is 4.57. The zero-order valence-electron chi connectivity index (χ0n) is 8.99. The van der Waals surface area contributed by atoms with Crippen molar-refractivity contribution < 1.29 is 4.74 Å². The number of hydrogen-bond donors (Lipinski definition) is 2. The number of H-pyrrole nitrogens is 1. The zero-order valence-corrected chi connectivity index (χ0v) is 8.99. The maximum absolute atomic E-state index is 5.86. The van der Waals surface area contributed by atoms with E-state index in [0.29, 0.717) is 23.9 Å². The average Bonchev–Trinajstić information content (AvgIpc) is 2.90. The molecule has 4 heteroatoms. The highest BCUT2D eigenvalue weighted by Gasteiger charge is 2.43. The fraction of sp³-hybridized carbons (Fsp3) is 0.727. The molecule has 3 atom stereocenters. The van der Waals surface area contributed by atoms with Gasteiger partial charge in [-0.2, -0.15) is 5.10 Å². The number of nitrogen functional groups attached to an aromatic ring is 1. The van der Waals surface area contributed by atoms with E-state index in [1.165, 1.54) is 24.1 Å². The molecule has 2 aliphatic rings. The Morgan fingerprint density at radius 1 is 1.53 bits per heavy atom. The molecule has 0 spiro atoms. The molecule has 1 aromatic heterocycles. The first-order chi connectivity index (χ1) is 7.29. The number of nitrogens with zero attached hydrogens (tertiary/aromatic N) is 1. The van der Waals surface area contributed by atoms with Crippen LogP contribution in [0.4, 0.5) is 5.82 Å². The fourth-order valence-electron chi connectivity index (χ4n) is 3.01. The fourth-order valence-corrected chi connectivity index (χ4v) is 3.01. The minimum atomic E-state index is 0.403. The van der Waals surface area contributed by atoms with Crippen molar-refractivity contribution in [1.82, 2.24) is 10.2 Å². The van der Waals surface area contributed by atoms with Crippen molar-refractivity contribution in [3.05, 3.63) is 11.3 Å². The maximum atomic E-state index is 5.86. The zero-order chi connectivity index (χ0) is 10.4. The van der Waals surface area contributed by atoms with E-state index in [9.17, 15) is 0 Å². The van der Waals surface area contributed by atoms with E-state index in [2.05, 4.69) is 17.1 Å². The van der Waals surface area contributed by atoms with Crippen molar-refractivity contribution in [3.63, 3.8) is 0 Å². The van der Waals surface area contributed by atoms with E-state index in [1.54, 1.807) is 0 Å². The molecule has 3 rings (SSSR count). The predicted molar refractivity (Wildman–Crippen MR) is 57.6 cm³/mol. The number of nitrogens with two attached hydrogens (primary N) is 1. The maximum Gasteiger partial charge on any atom is 0.148 e. The Bertz CT molecular complexity index is 374. The van der Waals surface area contributed by atoms with Gasteiger partial charge in [-0.15, -0.1) is 0 Å². The van der Waals surface area contributed by atoms with E-state index in [-0.39, 0.29) is 0 Å². The number of nitrogens with one attached hydrogen (secondary N) is 1. The largest absolute Gasteiger partial charge is 0.382 e. The summed E-state index contributed by atoms with van der Waals surface area (Å²) in [6.45, 7) is 2.12. The molecule has 2 fully saturated rings. The summed E-state index contributed by atoms with van der Waals surface area (Å²) < 4.78 is 5.86. The van der Waals surface area contributed by atoms with Gasteiger partial charge in [0.05, 0.1) is 12.2 Å². The lowest BCUT2D eigenvalue weighted by atomic mass is 9.85. The van der Waals surface area contributed by atoms with Crippen LogP contribution in [0, 0.1) is 0 Å². The Morgan fingerprint density at radius 3 is 3.00 bits per heavy atom. The van der Waals surface area contributed by atoms with Gasteiger partial charge in [0, 0.05) is 17.2 Å². The normalized spacial score (nSPS) is 33.8. The molecule has 0 radical (unpaired) electrons. The molecule has 82 valence electrons. The molecule has 3 heterocycles. The van der Waals surface area contributed by atoms with Crippen LogP contribution in [0.2, 0.25) is 0 Å². The summed E-state index contributed by atoms with van der Waals surface area (Å²) in [4.78, 5) is 0. The van der Waals surface area contributed by atoms with Gasteiger partial charge in [-0.1, -0.05) is 6.92 Å². The van der Waals surface area contributed by atoms with Gasteiger partial charge in [-0.25, -0.2) is 0 Å². The first kappa shape index (κ1) is 9.21. The Morgan fingerprint density at radius 2 is 2.40 bits per heavy atom. The smallest absolute Gasteiger partial charge is 0.148 e. The lowest BCUT2D eigenvalue weighted by molar-refractivity contribution is 0.100. The van der Waals surface area contributed by atoms with E-state index in [1.807, 2.05) is 0 Å².